The summed E-state index contributed by atoms with van der Waals surface area (Å²) >= 11 is 5.77. The molecule has 0 radical (unpaired) electrons. The first-order chi connectivity index (χ1) is 9.90. The highest BCUT2D eigenvalue weighted by Crippen LogP contribution is 2.29. The van der Waals surface area contributed by atoms with E-state index in [1.165, 1.54) is 18.2 Å². The molecule has 0 aromatic heterocycles. The molecule has 0 amide bonds. The first kappa shape index (κ1) is 15.3. The lowest BCUT2D eigenvalue weighted by molar-refractivity contribution is -0.137. The number of rotatable bonds is 3. The van der Waals surface area contributed by atoms with Crippen LogP contribution < -0.4 is 0 Å². The van der Waals surface area contributed by atoms with E-state index in [2.05, 4.69) is 0 Å². The minimum Gasteiger partial charge on any atom is -0.298 e. The van der Waals surface area contributed by atoms with Crippen LogP contribution >= 0.6 is 11.6 Å². The molecule has 2 aromatic rings. The molecule has 108 valence electrons. The molecule has 0 atom stereocenters. The molecule has 1 nitrogen and oxygen atoms in total. The van der Waals surface area contributed by atoms with Crippen LogP contribution in [0.2, 0.25) is 5.02 Å². The lowest BCUT2D eigenvalue weighted by atomic mass is 10.0. The molecule has 0 aliphatic heterocycles. The zero-order valence-electron chi connectivity index (χ0n) is 10.7. The average molecular weight is 311 g/mol. The molecule has 0 unspecified atom stereocenters. The lowest BCUT2D eigenvalue weighted by Crippen LogP contribution is -2.04. The van der Waals surface area contributed by atoms with E-state index < -0.39 is 11.7 Å². The first-order valence-electron chi connectivity index (χ1n) is 6.00. The fourth-order valence-electron chi connectivity index (χ4n) is 1.78. The van der Waals surface area contributed by atoms with Gasteiger partial charge in [-0.1, -0.05) is 35.9 Å². The summed E-state index contributed by atoms with van der Waals surface area (Å²) in [6.45, 7) is 0. The maximum absolute atomic E-state index is 12.5. The van der Waals surface area contributed by atoms with Crippen molar-refractivity contribution in [1.29, 1.82) is 0 Å². The number of allylic oxidation sites excluding steroid dienone is 1. The second kappa shape index (κ2) is 6.14. The molecule has 0 fully saturated rings. The molecule has 0 aliphatic rings. The number of carbonyl (C=O) groups is 1. The quantitative estimate of drug-likeness (QED) is 0.438. The van der Waals surface area contributed by atoms with Gasteiger partial charge in [-0.15, -0.1) is 0 Å². The van der Waals surface area contributed by atoms with Crippen LogP contribution in [0.5, 0.6) is 0 Å². The molecule has 0 spiro atoms. The molecule has 0 N–H and O–H groups in total. The molecular weight excluding hydrogens is 301 g/mol. The summed E-state index contributed by atoms with van der Waals surface area (Å²) in [5.74, 6) is 0. The summed E-state index contributed by atoms with van der Waals surface area (Å²) < 4.78 is 37.4. The van der Waals surface area contributed by atoms with E-state index in [0.717, 1.165) is 12.1 Å². The monoisotopic (exact) mass is 310 g/mol. The normalized spacial score (nSPS) is 12.3. The van der Waals surface area contributed by atoms with Crippen LogP contribution in [0, 0.1) is 0 Å². The number of halogens is 4. The first-order valence-corrected chi connectivity index (χ1v) is 6.38. The van der Waals surface area contributed by atoms with Gasteiger partial charge in [0.25, 0.3) is 0 Å². The van der Waals surface area contributed by atoms with Gasteiger partial charge < -0.3 is 0 Å². The Morgan fingerprint density at radius 2 is 1.52 bits per heavy atom. The van der Waals surface area contributed by atoms with E-state index in [4.69, 9.17) is 11.6 Å². The van der Waals surface area contributed by atoms with E-state index in [1.54, 1.807) is 24.3 Å². The smallest absolute Gasteiger partial charge is 0.298 e. The van der Waals surface area contributed by atoms with Crippen molar-refractivity contribution in [2.24, 2.45) is 0 Å². The highest BCUT2D eigenvalue weighted by atomic mass is 35.5. The highest BCUT2D eigenvalue weighted by Gasteiger charge is 2.29. The van der Waals surface area contributed by atoms with Gasteiger partial charge in [0.1, 0.15) is 0 Å². The van der Waals surface area contributed by atoms with E-state index >= 15 is 0 Å². The molecule has 5 heteroatoms. The molecule has 2 aromatic carbocycles. The number of carbonyl (C=O) groups excluding carboxylic acids is 1. The van der Waals surface area contributed by atoms with Crippen molar-refractivity contribution in [2.75, 3.05) is 0 Å². The van der Waals surface area contributed by atoms with Gasteiger partial charge in [0.05, 0.1) is 5.56 Å². The predicted octanol–water partition coefficient (Wildman–Crippen LogP) is 5.10. The number of alkyl halides is 3. The van der Waals surface area contributed by atoms with E-state index in [0.29, 0.717) is 28.0 Å². The molecule has 0 saturated carbocycles. The maximum atomic E-state index is 12.5. The van der Waals surface area contributed by atoms with Gasteiger partial charge >= 0.3 is 6.18 Å². The third kappa shape index (κ3) is 3.95. The molecular formula is C16H10ClF3O. The van der Waals surface area contributed by atoms with Gasteiger partial charge in [-0.3, -0.25) is 4.79 Å². The summed E-state index contributed by atoms with van der Waals surface area (Å²) in [6.07, 6.45) is -2.19. The number of hydrogen-bond acceptors (Lipinski definition) is 1. The maximum Gasteiger partial charge on any atom is 0.416 e. The van der Waals surface area contributed by atoms with Crippen LogP contribution in [0.4, 0.5) is 13.2 Å². The van der Waals surface area contributed by atoms with Crippen LogP contribution in [0.3, 0.4) is 0 Å². The van der Waals surface area contributed by atoms with Crippen molar-refractivity contribution >= 4 is 29.5 Å². The van der Waals surface area contributed by atoms with Crippen molar-refractivity contribution in [3.63, 3.8) is 0 Å². The number of aldehydes is 1. The van der Waals surface area contributed by atoms with Gasteiger partial charge in [0.15, 0.2) is 6.29 Å². The van der Waals surface area contributed by atoms with Gasteiger partial charge in [-0.25, -0.2) is 0 Å². The second-order valence-electron chi connectivity index (χ2n) is 4.34. The molecule has 0 bridgehead atoms. The van der Waals surface area contributed by atoms with Gasteiger partial charge in [-0.2, -0.15) is 13.2 Å². The largest absolute Gasteiger partial charge is 0.416 e. The second-order valence-corrected chi connectivity index (χ2v) is 4.78. The van der Waals surface area contributed by atoms with Crippen LogP contribution in [0.25, 0.3) is 11.6 Å². The molecule has 21 heavy (non-hydrogen) atoms. The Morgan fingerprint density at radius 1 is 0.952 bits per heavy atom. The van der Waals surface area contributed by atoms with Crippen molar-refractivity contribution in [1.82, 2.24) is 0 Å². The van der Waals surface area contributed by atoms with E-state index in [1.807, 2.05) is 0 Å². The van der Waals surface area contributed by atoms with Crippen molar-refractivity contribution < 1.29 is 18.0 Å². The third-order valence-corrected chi connectivity index (χ3v) is 3.12. The minimum absolute atomic E-state index is 0.367. The molecule has 0 saturated heterocycles. The Kier molecular flexibility index (Phi) is 4.48. The summed E-state index contributed by atoms with van der Waals surface area (Å²) in [7, 11) is 0. The highest BCUT2D eigenvalue weighted by molar-refractivity contribution is 6.30. The SMILES string of the molecule is O=CC(=Cc1ccc(C(F)(F)F)cc1)c1ccc(Cl)cc1. The summed E-state index contributed by atoms with van der Waals surface area (Å²) in [5.41, 5.74) is 0.805. The van der Waals surface area contributed by atoms with Crippen molar-refractivity contribution in [3.8, 4) is 0 Å². The number of benzene rings is 2. The van der Waals surface area contributed by atoms with Crippen molar-refractivity contribution in [2.45, 2.75) is 6.18 Å². The van der Waals surface area contributed by atoms with Crippen LogP contribution in [-0.4, -0.2) is 6.29 Å². The molecule has 0 aliphatic carbocycles. The van der Waals surface area contributed by atoms with E-state index in [-0.39, 0.29) is 0 Å². The standard InChI is InChI=1S/C16H10ClF3O/c17-15-7-3-12(4-8-15)13(10-21)9-11-1-5-14(6-2-11)16(18,19)20/h1-10H. The summed E-state index contributed by atoms with van der Waals surface area (Å²) in [6, 6.07) is 11.2. The van der Waals surface area contributed by atoms with Gasteiger partial charge in [0.2, 0.25) is 0 Å². The topological polar surface area (TPSA) is 17.1 Å². The third-order valence-electron chi connectivity index (χ3n) is 2.86. The Hall–Kier alpha value is -2.07. The minimum atomic E-state index is -4.37. The average Bonchev–Trinajstić information content (AvgIpc) is 2.45. The zero-order valence-corrected chi connectivity index (χ0v) is 11.4. The Bertz CT molecular complexity index is 655. The van der Waals surface area contributed by atoms with Gasteiger partial charge in [0, 0.05) is 10.6 Å². The van der Waals surface area contributed by atoms with Crippen molar-refractivity contribution in [3.05, 3.63) is 70.2 Å². The Balaban J connectivity index is 2.32. The number of hydrogen-bond donors (Lipinski definition) is 0. The Labute approximate surface area is 124 Å². The van der Waals surface area contributed by atoms with E-state index in [9.17, 15) is 18.0 Å². The Morgan fingerprint density at radius 3 is 2.00 bits per heavy atom. The fraction of sp³-hybridized carbons (Fsp3) is 0.0625. The lowest BCUT2D eigenvalue weighted by Gasteiger charge is -2.06. The van der Waals surface area contributed by atoms with Crippen LogP contribution in [-0.2, 0) is 11.0 Å². The zero-order chi connectivity index (χ0) is 15.5. The fourth-order valence-corrected chi connectivity index (χ4v) is 1.90. The summed E-state index contributed by atoms with van der Waals surface area (Å²) in [4.78, 5) is 11.1. The van der Waals surface area contributed by atoms with Crippen LogP contribution in [0.15, 0.2) is 48.5 Å². The predicted molar refractivity (Wildman–Crippen MR) is 76.8 cm³/mol. The van der Waals surface area contributed by atoms with Crippen LogP contribution in [0.1, 0.15) is 16.7 Å². The molecule has 0 heterocycles. The molecule has 2 rings (SSSR count). The summed E-state index contributed by atoms with van der Waals surface area (Å²) in [5, 5.41) is 0.540. The van der Waals surface area contributed by atoms with Gasteiger partial charge in [-0.05, 0) is 41.5 Å².